The molecule has 1 N–H and O–H groups in total. The molecular formula is C9H7IO. The van der Waals surface area contributed by atoms with E-state index in [9.17, 15) is 5.11 Å². The predicted octanol–water partition coefficient (Wildman–Crippen LogP) is 1.96. The van der Waals surface area contributed by atoms with Crippen LogP contribution >= 0.6 is 22.6 Å². The van der Waals surface area contributed by atoms with Gasteiger partial charge in [0.25, 0.3) is 0 Å². The molecule has 1 atom stereocenters. The molecule has 1 aromatic rings. The molecule has 0 aliphatic rings. The number of aliphatic hydroxyl groups is 1. The van der Waals surface area contributed by atoms with Crippen LogP contribution in [0.4, 0.5) is 0 Å². The molecule has 0 aliphatic carbocycles. The molecule has 0 aromatic heterocycles. The van der Waals surface area contributed by atoms with Crippen LogP contribution in [0.25, 0.3) is 0 Å². The van der Waals surface area contributed by atoms with Crippen LogP contribution in [-0.2, 0) is 0 Å². The maximum Gasteiger partial charge on any atom is 0.139 e. The van der Waals surface area contributed by atoms with Gasteiger partial charge in [0.2, 0.25) is 0 Å². The van der Waals surface area contributed by atoms with Crippen LogP contribution in [0.3, 0.4) is 0 Å². The number of terminal acetylenes is 1. The monoisotopic (exact) mass is 258 g/mol. The molecule has 0 radical (unpaired) electrons. The molecule has 0 spiro atoms. The predicted molar refractivity (Wildman–Crippen MR) is 53.0 cm³/mol. The molecule has 56 valence electrons. The summed E-state index contributed by atoms with van der Waals surface area (Å²) in [7, 11) is 0. The SMILES string of the molecule is C#CC(O)c1ccc(I)cc1. The van der Waals surface area contributed by atoms with E-state index in [4.69, 9.17) is 6.42 Å². The average Bonchev–Trinajstić information content (AvgIpc) is 2.05. The van der Waals surface area contributed by atoms with Crippen molar-refractivity contribution in [3.8, 4) is 12.3 Å². The lowest BCUT2D eigenvalue weighted by Gasteiger charge is -2.01. The van der Waals surface area contributed by atoms with Crippen molar-refractivity contribution in [2.75, 3.05) is 0 Å². The van der Waals surface area contributed by atoms with E-state index < -0.39 is 6.10 Å². The summed E-state index contributed by atoms with van der Waals surface area (Å²) in [6.45, 7) is 0. The van der Waals surface area contributed by atoms with Crippen LogP contribution in [0.1, 0.15) is 11.7 Å². The quantitative estimate of drug-likeness (QED) is 0.603. The standard InChI is InChI=1S/C9H7IO/c1-2-9(11)7-3-5-8(10)6-4-7/h1,3-6,9,11H. The van der Waals surface area contributed by atoms with Gasteiger partial charge in [-0.25, -0.2) is 0 Å². The summed E-state index contributed by atoms with van der Waals surface area (Å²) >= 11 is 2.20. The molecule has 11 heavy (non-hydrogen) atoms. The van der Waals surface area contributed by atoms with Gasteiger partial charge in [0.05, 0.1) is 0 Å². The highest BCUT2D eigenvalue weighted by molar-refractivity contribution is 14.1. The Morgan fingerprint density at radius 2 is 1.91 bits per heavy atom. The van der Waals surface area contributed by atoms with Gasteiger partial charge in [0.15, 0.2) is 0 Å². The summed E-state index contributed by atoms with van der Waals surface area (Å²) in [6, 6.07) is 7.48. The molecule has 0 aliphatic heterocycles. The number of aliphatic hydroxyl groups excluding tert-OH is 1. The molecule has 0 bridgehead atoms. The third kappa shape index (κ3) is 2.21. The summed E-state index contributed by atoms with van der Waals surface area (Å²) < 4.78 is 1.13. The smallest absolute Gasteiger partial charge is 0.139 e. The van der Waals surface area contributed by atoms with Gasteiger partial charge in [-0.15, -0.1) is 6.42 Å². The minimum atomic E-state index is -0.771. The first-order valence-electron chi connectivity index (χ1n) is 3.13. The van der Waals surface area contributed by atoms with E-state index in [1.54, 1.807) is 0 Å². The van der Waals surface area contributed by atoms with Gasteiger partial charge in [-0.05, 0) is 40.3 Å². The lowest BCUT2D eigenvalue weighted by atomic mass is 10.1. The van der Waals surface area contributed by atoms with Crippen molar-refractivity contribution in [3.63, 3.8) is 0 Å². The summed E-state index contributed by atoms with van der Waals surface area (Å²) in [4.78, 5) is 0. The van der Waals surface area contributed by atoms with Crippen LogP contribution < -0.4 is 0 Å². The van der Waals surface area contributed by atoms with Gasteiger partial charge in [-0.3, -0.25) is 0 Å². The van der Waals surface area contributed by atoms with E-state index in [2.05, 4.69) is 28.5 Å². The summed E-state index contributed by atoms with van der Waals surface area (Å²) in [5, 5.41) is 9.18. The van der Waals surface area contributed by atoms with E-state index in [-0.39, 0.29) is 0 Å². The Hall–Kier alpha value is -0.530. The van der Waals surface area contributed by atoms with Crippen molar-refractivity contribution in [1.82, 2.24) is 0 Å². The topological polar surface area (TPSA) is 20.2 Å². The largest absolute Gasteiger partial charge is 0.376 e. The molecule has 1 aromatic carbocycles. The molecule has 0 saturated carbocycles. The second-order valence-corrected chi connectivity index (χ2v) is 3.37. The molecule has 1 rings (SSSR count). The molecule has 1 unspecified atom stereocenters. The highest BCUT2D eigenvalue weighted by Crippen LogP contribution is 2.13. The van der Waals surface area contributed by atoms with E-state index in [0.29, 0.717) is 0 Å². The fourth-order valence-electron chi connectivity index (χ4n) is 0.741. The first kappa shape index (κ1) is 8.57. The first-order chi connectivity index (χ1) is 5.24. The van der Waals surface area contributed by atoms with Crippen molar-refractivity contribution < 1.29 is 5.11 Å². The Balaban J connectivity index is 2.92. The van der Waals surface area contributed by atoms with Crippen molar-refractivity contribution in [2.45, 2.75) is 6.10 Å². The molecule has 0 heterocycles. The summed E-state index contributed by atoms with van der Waals surface area (Å²) in [5.74, 6) is 2.25. The lowest BCUT2D eigenvalue weighted by molar-refractivity contribution is 0.238. The zero-order valence-electron chi connectivity index (χ0n) is 5.79. The van der Waals surface area contributed by atoms with E-state index in [1.807, 2.05) is 24.3 Å². The fraction of sp³-hybridized carbons (Fsp3) is 0.111. The molecule has 0 saturated heterocycles. The lowest BCUT2D eigenvalue weighted by Crippen LogP contribution is -1.92. The number of halogens is 1. The highest BCUT2D eigenvalue weighted by atomic mass is 127. The van der Waals surface area contributed by atoms with Gasteiger partial charge >= 0.3 is 0 Å². The fourth-order valence-corrected chi connectivity index (χ4v) is 1.10. The normalized spacial score (nSPS) is 12.1. The van der Waals surface area contributed by atoms with Crippen molar-refractivity contribution in [1.29, 1.82) is 0 Å². The van der Waals surface area contributed by atoms with Crippen molar-refractivity contribution in [3.05, 3.63) is 33.4 Å². The Labute approximate surface area is 79.6 Å². The van der Waals surface area contributed by atoms with Crippen molar-refractivity contribution in [2.24, 2.45) is 0 Å². The molecular weight excluding hydrogens is 251 g/mol. The maximum absolute atomic E-state index is 9.18. The second kappa shape index (κ2) is 3.74. The summed E-state index contributed by atoms with van der Waals surface area (Å²) in [5.41, 5.74) is 0.771. The maximum atomic E-state index is 9.18. The number of rotatable bonds is 1. The van der Waals surface area contributed by atoms with Crippen molar-refractivity contribution >= 4 is 22.6 Å². The third-order valence-electron chi connectivity index (χ3n) is 1.34. The molecule has 2 heteroatoms. The van der Waals surface area contributed by atoms with E-state index >= 15 is 0 Å². The van der Waals surface area contributed by atoms with Crippen LogP contribution in [0.5, 0.6) is 0 Å². The average molecular weight is 258 g/mol. The Morgan fingerprint density at radius 3 is 2.36 bits per heavy atom. The Kier molecular flexibility index (Phi) is 2.92. The zero-order valence-corrected chi connectivity index (χ0v) is 7.95. The number of hydrogen-bond acceptors (Lipinski definition) is 1. The van der Waals surface area contributed by atoms with Gasteiger partial charge < -0.3 is 5.11 Å². The van der Waals surface area contributed by atoms with E-state index in [0.717, 1.165) is 9.13 Å². The molecule has 1 nitrogen and oxygen atoms in total. The first-order valence-corrected chi connectivity index (χ1v) is 4.21. The highest BCUT2D eigenvalue weighted by Gasteiger charge is 2.00. The second-order valence-electron chi connectivity index (χ2n) is 2.12. The van der Waals surface area contributed by atoms with Crippen LogP contribution in [-0.4, -0.2) is 5.11 Å². The van der Waals surface area contributed by atoms with Gasteiger partial charge in [0, 0.05) is 3.57 Å². The minimum Gasteiger partial charge on any atom is -0.376 e. The van der Waals surface area contributed by atoms with Crippen LogP contribution in [0.2, 0.25) is 0 Å². The van der Waals surface area contributed by atoms with Gasteiger partial charge in [0.1, 0.15) is 6.10 Å². The minimum absolute atomic E-state index is 0.771. The zero-order chi connectivity index (χ0) is 8.27. The van der Waals surface area contributed by atoms with Gasteiger partial charge in [-0.2, -0.15) is 0 Å². The van der Waals surface area contributed by atoms with E-state index in [1.165, 1.54) is 0 Å². The number of benzene rings is 1. The molecule has 0 amide bonds. The Bertz CT molecular complexity index is 271. The summed E-state index contributed by atoms with van der Waals surface area (Å²) in [6.07, 6.45) is 4.27. The Morgan fingerprint density at radius 1 is 1.36 bits per heavy atom. The molecule has 0 fully saturated rings. The van der Waals surface area contributed by atoms with Gasteiger partial charge in [-0.1, -0.05) is 18.1 Å². The third-order valence-corrected chi connectivity index (χ3v) is 2.06. The van der Waals surface area contributed by atoms with Crippen LogP contribution in [0.15, 0.2) is 24.3 Å². The van der Waals surface area contributed by atoms with Crippen LogP contribution in [0, 0.1) is 15.9 Å². The number of hydrogen-bond donors (Lipinski definition) is 1.